The van der Waals surface area contributed by atoms with Gasteiger partial charge >= 0.3 is 5.97 Å². The predicted molar refractivity (Wildman–Crippen MR) is 80.9 cm³/mol. The zero-order valence-electron chi connectivity index (χ0n) is 12.2. The smallest absolute Gasteiger partial charge is 0.329 e. The third-order valence-electron chi connectivity index (χ3n) is 3.74. The van der Waals surface area contributed by atoms with Crippen LogP contribution in [0.15, 0.2) is 6.07 Å². The van der Waals surface area contributed by atoms with Gasteiger partial charge < -0.3 is 15.2 Å². The largest absolute Gasteiger partial charge is 0.480 e. The lowest BCUT2D eigenvalue weighted by Gasteiger charge is -2.19. The van der Waals surface area contributed by atoms with Gasteiger partial charge in [-0.25, -0.2) is 4.79 Å². The van der Waals surface area contributed by atoms with E-state index in [1.165, 1.54) is 23.3 Å². The first-order valence-electron chi connectivity index (χ1n) is 7.29. The van der Waals surface area contributed by atoms with Crippen molar-refractivity contribution in [2.75, 3.05) is 19.8 Å². The second-order valence-electron chi connectivity index (χ2n) is 5.28. The van der Waals surface area contributed by atoms with Crippen molar-refractivity contribution in [2.45, 2.75) is 32.6 Å². The average Bonchev–Trinajstić information content (AvgIpc) is 2.89. The zero-order valence-corrected chi connectivity index (χ0v) is 13.0. The molecular formula is C15H21NO4S. The molecule has 6 heteroatoms. The normalized spacial score (nSPS) is 17.3. The molecule has 1 aromatic rings. The fourth-order valence-corrected chi connectivity index (χ4v) is 3.67. The van der Waals surface area contributed by atoms with Gasteiger partial charge in [0.2, 0.25) is 0 Å². The number of ether oxygens (including phenoxy) is 1. The summed E-state index contributed by atoms with van der Waals surface area (Å²) in [7, 11) is 0. The number of nitrogens with one attached hydrogen (secondary N) is 1. The van der Waals surface area contributed by atoms with Gasteiger partial charge in [-0.3, -0.25) is 4.79 Å². The number of aryl methyl sites for hydroxylation is 1. The van der Waals surface area contributed by atoms with E-state index in [1.54, 1.807) is 11.3 Å². The van der Waals surface area contributed by atoms with Crippen molar-refractivity contribution in [3.63, 3.8) is 0 Å². The van der Waals surface area contributed by atoms with Gasteiger partial charge in [-0.2, -0.15) is 0 Å². The summed E-state index contributed by atoms with van der Waals surface area (Å²) in [4.78, 5) is 24.4. The summed E-state index contributed by atoms with van der Waals surface area (Å²) in [5, 5.41) is 11.2. The number of amides is 1. The monoisotopic (exact) mass is 311 g/mol. The van der Waals surface area contributed by atoms with Gasteiger partial charge in [0, 0.05) is 11.4 Å². The summed E-state index contributed by atoms with van der Waals surface area (Å²) < 4.78 is 4.88. The van der Waals surface area contributed by atoms with Crippen molar-refractivity contribution in [1.82, 2.24) is 5.32 Å². The Hall–Kier alpha value is -1.40. The van der Waals surface area contributed by atoms with Crippen molar-refractivity contribution in [1.29, 1.82) is 0 Å². The van der Waals surface area contributed by atoms with Gasteiger partial charge in [0.05, 0.1) is 11.5 Å². The lowest BCUT2D eigenvalue weighted by molar-refractivity contribution is -0.142. The lowest BCUT2D eigenvalue weighted by atomic mass is 9.87. The van der Waals surface area contributed by atoms with Crippen LogP contribution in [0.1, 0.15) is 39.9 Å². The Balaban J connectivity index is 1.81. The number of thiophene rings is 1. The van der Waals surface area contributed by atoms with Crippen LogP contribution in [0.3, 0.4) is 0 Å². The predicted octanol–water partition coefficient (Wildman–Crippen LogP) is 2.09. The molecule has 0 bridgehead atoms. The van der Waals surface area contributed by atoms with Crippen molar-refractivity contribution in [3.05, 3.63) is 21.4 Å². The molecule has 2 N–H and O–H groups in total. The van der Waals surface area contributed by atoms with Gasteiger partial charge in [0.25, 0.3) is 5.91 Å². The fourth-order valence-electron chi connectivity index (χ4n) is 2.54. The van der Waals surface area contributed by atoms with E-state index < -0.39 is 5.97 Å². The van der Waals surface area contributed by atoms with E-state index >= 15 is 0 Å². The Morgan fingerprint density at radius 1 is 1.52 bits per heavy atom. The van der Waals surface area contributed by atoms with E-state index in [0.717, 1.165) is 23.6 Å². The number of rotatable bonds is 7. The first-order chi connectivity index (χ1) is 10.1. The minimum atomic E-state index is -1.00. The highest BCUT2D eigenvalue weighted by Crippen LogP contribution is 2.33. The number of carbonyl (C=O) groups excluding carboxylic acids is 1. The Kier molecular flexibility index (Phi) is 5.76. The maximum atomic E-state index is 12.0. The fraction of sp³-hybridized carbons (Fsp3) is 0.600. The molecule has 0 spiro atoms. The molecule has 1 heterocycles. The lowest BCUT2D eigenvalue weighted by Crippen LogP contribution is -2.27. The van der Waals surface area contributed by atoms with E-state index in [0.29, 0.717) is 6.54 Å². The maximum absolute atomic E-state index is 12.0. The Bertz CT molecular complexity index is 512. The van der Waals surface area contributed by atoms with Crippen molar-refractivity contribution >= 4 is 23.2 Å². The molecule has 2 rings (SSSR count). The van der Waals surface area contributed by atoms with Gasteiger partial charge in [-0.15, -0.1) is 11.3 Å². The minimum absolute atomic E-state index is 0.0960. The Morgan fingerprint density at radius 2 is 2.33 bits per heavy atom. The second-order valence-corrected chi connectivity index (χ2v) is 6.42. The van der Waals surface area contributed by atoms with Crippen molar-refractivity contribution in [2.24, 2.45) is 5.92 Å². The van der Waals surface area contributed by atoms with Gasteiger partial charge in [0.15, 0.2) is 0 Å². The number of aliphatic carboxylic acids is 1. The highest BCUT2D eigenvalue weighted by Gasteiger charge is 2.21. The van der Waals surface area contributed by atoms with Crippen LogP contribution < -0.4 is 5.32 Å². The molecule has 0 fully saturated rings. The van der Waals surface area contributed by atoms with Gasteiger partial charge in [-0.05, 0) is 36.8 Å². The molecule has 21 heavy (non-hydrogen) atoms. The molecule has 1 amide bonds. The third kappa shape index (κ3) is 4.54. The summed E-state index contributed by atoms with van der Waals surface area (Å²) in [6.45, 7) is 2.42. The SMILES string of the molecule is CCC1CCc2sc(C(=O)NCCOCC(=O)O)cc2C1. The van der Waals surface area contributed by atoms with Crippen LogP contribution in [0.5, 0.6) is 0 Å². The Labute approximate surface area is 128 Å². The molecule has 0 aromatic carbocycles. The summed E-state index contributed by atoms with van der Waals surface area (Å²) in [5.74, 6) is -0.355. The molecule has 1 aliphatic rings. The standard InChI is InChI=1S/C15H21NO4S/c1-2-10-3-4-12-11(7-10)8-13(21-12)15(19)16-5-6-20-9-14(17)18/h8,10H,2-7,9H2,1H3,(H,16,19)(H,17,18). The van der Waals surface area contributed by atoms with E-state index in [4.69, 9.17) is 9.84 Å². The molecule has 1 unspecified atom stereocenters. The van der Waals surface area contributed by atoms with E-state index in [1.807, 2.05) is 6.07 Å². The topological polar surface area (TPSA) is 75.6 Å². The van der Waals surface area contributed by atoms with Gasteiger partial charge in [0.1, 0.15) is 6.61 Å². The number of hydrogen-bond donors (Lipinski definition) is 2. The molecule has 0 saturated heterocycles. The van der Waals surface area contributed by atoms with Crippen LogP contribution >= 0.6 is 11.3 Å². The number of carboxylic acid groups (broad SMARTS) is 1. The summed E-state index contributed by atoms with van der Waals surface area (Å²) in [6.07, 6.45) is 4.57. The molecule has 1 atom stereocenters. The maximum Gasteiger partial charge on any atom is 0.329 e. The number of carboxylic acids is 1. The first-order valence-corrected chi connectivity index (χ1v) is 8.11. The quantitative estimate of drug-likeness (QED) is 0.756. The van der Waals surface area contributed by atoms with Crippen LogP contribution in [0.2, 0.25) is 0 Å². The second kappa shape index (κ2) is 7.56. The Morgan fingerprint density at radius 3 is 3.05 bits per heavy atom. The number of fused-ring (bicyclic) bond motifs is 1. The summed E-state index contributed by atoms with van der Waals surface area (Å²) in [6, 6.07) is 2.01. The molecular weight excluding hydrogens is 290 g/mol. The van der Waals surface area contributed by atoms with E-state index in [-0.39, 0.29) is 19.1 Å². The van der Waals surface area contributed by atoms with Gasteiger partial charge in [-0.1, -0.05) is 13.3 Å². The number of hydrogen-bond acceptors (Lipinski definition) is 4. The molecule has 0 aliphatic heterocycles. The van der Waals surface area contributed by atoms with Crippen LogP contribution in [0, 0.1) is 5.92 Å². The van der Waals surface area contributed by atoms with Crippen LogP contribution in [0.4, 0.5) is 0 Å². The molecule has 0 saturated carbocycles. The van der Waals surface area contributed by atoms with Crippen LogP contribution in [0.25, 0.3) is 0 Å². The number of carbonyl (C=O) groups is 2. The molecule has 1 aliphatic carbocycles. The highest BCUT2D eigenvalue weighted by atomic mass is 32.1. The molecule has 116 valence electrons. The first kappa shape index (κ1) is 16.0. The summed E-state index contributed by atoms with van der Waals surface area (Å²) >= 11 is 1.58. The van der Waals surface area contributed by atoms with Crippen LogP contribution in [-0.4, -0.2) is 36.7 Å². The van der Waals surface area contributed by atoms with E-state index in [2.05, 4.69) is 12.2 Å². The molecule has 5 nitrogen and oxygen atoms in total. The molecule has 0 radical (unpaired) electrons. The van der Waals surface area contributed by atoms with Crippen molar-refractivity contribution < 1.29 is 19.4 Å². The average molecular weight is 311 g/mol. The van der Waals surface area contributed by atoms with Crippen molar-refractivity contribution in [3.8, 4) is 0 Å². The molecule has 1 aromatic heterocycles. The zero-order chi connectivity index (χ0) is 15.2. The highest BCUT2D eigenvalue weighted by molar-refractivity contribution is 7.14. The van der Waals surface area contributed by atoms with Crippen LogP contribution in [-0.2, 0) is 22.4 Å². The summed E-state index contributed by atoms with van der Waals surface area (Å²) in [5.41, 5.74) is 1.32. The van der Waals surface area contributed by atoms with E-state index in [9.17, 15) is 9.59 Å². The third-order valence-corrected chi connectivity index (χ3v) is 4.98. The minimum Gasteiger partial charge on any atom is -0.480 e.